The Bertz CT molecular complexity index is 776. The van der Waals surface area contributed by atoms with Gasteiger partial charge in [0.1, 0.15) is 5.75 Å². The monoisotopic (exact) mass is 346 g/mol. The molecule has 0 aliphatic rings. The molecule has 0 aromatic heterocycles. The number of carboxylic acids is 1. The maximum atomic E-state index is 12.4. The van der Waals surface area contributed by atoms with E-state index in [4.69, 9.17) is 4.52 Å². The highest BCUT2D eigenvalue weighted by atomic mass is 31.2. The van der Waals surface area contributed by atoms with Crippen molar-refractivity contribution in [1.29, 1.82) is 5.26 Å². The fraction of sp³-hybridized carbons (Fsp3) is 0.125. The molecule has 2 N–H and O–H groups in total. The van der Waals surface area contributed by atoms with Crippen LogP contribution in [0.2, 0.25) is 0 Å². The van der Waals surface area contributed by atoms with E-state index >= 15 is 0 Å². The molecule has 0 heterocycles. The van der Waals surface area contributed by atoms with E-state index in [9.17, 15) is 24.6 Å². The first kappa shape index (κ1) is 17.5. The van der Waals surface area contributed by atoms with Crippen molar-refractivity contribution in [3.8, 4) is 11.9 Å². The highest BCUT2D eigenvalue weighted by Crippen LogP contribution is 2.47. The second kappa shape index (κ2) is 7.64. The van der Waals surface area contributed by atoms with Crippen LogP contribution in [0.4, 0.5) is 0 Å². The van der Waals surface area contributed by atoms with Gasteiger partial charge in [0.2, 0.25) is 0 Å². The molecule has 24 heavy (non-hydrogen) atoms. The van der Waals surface area contributed by atoms with E-state index < -0.39 is 19.8 Å². The third kappa shape index (κ3) is 4.35. The fourth-order valence-corrected chi connectivity index (χ4v) is 3.21. The molecule has 0 bridgehead atoms. The van der Waals surface area contributed by atoms with E-state index in [2.05, 4.69) is 0 Å². The first-order valence-electron chi connectivity index (χ1n) is 6.97. The van der Waals surface area contributed by atoms with Gasteiger partial charge in [0.25, 0.3) is 0 Å². The lowest BCUT2D eigenvalue weighted by molar-refractivity contribution is -0.141. The third-order valence-corrected chi connectivity index (χ3v) is 4.56. The number of benzene rings is 2. The van der Waals surface area contributed by atoms with Crippen LogP contribution in [-0.4, -0.2) is 26.7 Å². The predicted molar refractivity (Wildman–Crippen MR) is 85.9 cm³/mol. The van der Waals surface area contributed by atoms with Crippen LogP contribution in [0.3, 0.4) is 0 Å². The zero-order valence-corrected chi connectivity index (χ0v) is 13.4. The molecule has 2 aromatic carbocycles. The highest BCUT2D eigenvalue weighted by molar-refractivity contribution is 7.50. The van der Waals surface area contributed by atoms with Crippen LogP contribution in [0.25, 0.3) is 0 Å². The Hall–Kier alpha value is -2.81. The minimum absolute atomic E-state index is 0.0624. The van der Waals surface area contributed by atoms with Gasteiger partial charge in [-0.15, -0.1) is 0 Å². The van der Waals surface area contributed by atoms with Gasteiger partial charge in [-0.3, -0.25) is 4.89 Å². The number of rotatable bonds is 7. The molecule has 2 atom stereocenters. The molecule has 124 valence electrons. The maximum Gasteiger partial charge on any atom is 0.495 e. The normalized spacial score (nSPS) is 14.0. The van der Waals surface area contributed by atoms with Gasteiger partial charge in [0, 0.05) is 6.42 Å². The molecular formula is C16H15N2O5P. The quantitative estimate of drug-likeness (QED) is 0.450. The van der Waals surface area contributed by atoms with E-state index in [1.807, 2.05) is 0 Å². The second-order valence-electron chi connectivity index (χ2n) is 4.88. The van der Waals surface area contributed by atoms with Crippen molar-refractivity contribution in [3.63, 3.8) is 0 Å². The van der Waals surface area contributed by atoms with Crippen LogP contribution in [0.15, 0.2) is 60.7 Å². The van der Waals surface area contributed by atoms with E-state index in [0.29, 0.717) is 10.2 Å². The summed E-state index contributed by atoms with van der Waals surface area (Å²) in [5.74, 6) is -1.33. The largest absolute Gasteiger partial charge is 0.495 e. The number of hydrogen-bond acceptors (Lipinski definition) is 4. The number of nitrogens with zero attached hydrogens (tertiary/aromatic N) is 2. The fourth-order valence-electron chi connectivity index (χ4n) is 2.08. The maximum absolute atomic E-state index is 12.4. The minimum atomic E-state index is -4.68. The lowest BCUT2D eigenvalue weighted by Gasteiger charge is -2.26. The van der Waals surface area contributed by atoms with Gasteiger partial charge in [-0.05, 0) is 17.7 Å². The molecule has 1 unspecified atom stereocenters. The van der Waals surface area contributed by atoms with Gasteiger partial charge < -0.3 is 9.63 Å². The number of nitriles is 1. The molecule has 7 nitrogen and oxygen atoms in total. The van der Waals surface area contributed by atoms with Gasteiger partial charge >= 0.3 is 13.7 Å². The Labute approximate surface area is 138 Å². The van der Waals surface area contributed by atoms with Crippen LogP contribution in [0, 0.1) is 11.5 Å². The number of aliphatic carboxylic acids is 1. The van der Waals surface area contributed by atoms with Crippen LogP contribution in [-0.2, 0) is 15.8 Å². The summed E-state index contributed by atoms with van der Waals surface area (Å²) in [5, 5.41) is 18.6. The lowest BCUT2D eigenvalue weighted by Crippen LogP contribution is -2.38. The summed E-state index contributed by atoms with van der Waals surface area (Å²) < 4.78 is 17.7. The van der Waals surface area contributed by atoms with E-state index in [0.717, 1.165) is 0 Å². The average Bonchev–Trinajstić information content (AvgIpc) is 2.55. The smallest absolute Gasteiger partial charge is 0.480 e. The van der Waals surface area contributed by atoms with Gasteiger partial charge in [-0.2, -0.15) is 9.93 Å². The Balaban J connectivity index is 2.27. The minimum Gasteiger partial charge on any atom is -0.480 e. The summed E-state index contributed by atoms with van der Waals surface area (Å²) >= 11 is 0. The summed E-state index contributed by atoms with van der Waals surface area (Å²) in [5.41, 5.74) is 0.616. The number of carbonyl (C=O) groups is 1. The van der Waals surface area contributed by atoms with E-state index in [-0.39, 0.29) is 12.2 Å². The van der Waals surface area contributed by atoms with E-state index in [1.165, 1.54) is 18.3 Å². The third-order valence-electron chi connectivity index (χ3n) is 3.19. The van der Waals surface area contributed by atoms with Gasteiger partial charge in [0.15, 0.2) is 12.2 Å². The van der Waals surface area contributed by atoms with Crippen LogP contribution >= 0.6 is 7.75 Å². The number of carboxylic acid groups (broad SMARTS) is 1. The van der Waals surface area contributed by atoms with Crippen LogP contribution < -0.4 is 4.52 Å². The molecule has 0 radical (unpaired) electrons. The van der Waals surface area contributed by atoms with Crippen molar-refractivity contribution in [3.05, 3.63) is 66.2 Å². The Morgan fingerprint density at radius 2 is 1.71 bits per heavy atom. The van der Waals surface area contributed by atoms with Crippen LogP contribution in [0.5, 0.6) is 5.75 Å². The SMILES string of the molecule is N#CN([C@@H](Cc1ccccc1)C(=O)O)P(=O)(O)Oc1ccccc1. The molecule has 0 saturated carbocycles. The summed E-state index contributed by atoms with van der Waals surface area (Å²) in [6, 6.07) is 14.7. The zero-order chi connectivity index (χ0) is 17.6. The van der Waals surface area contributed by atoms with Crippen molar-refractivity contribution in [1.82, 2.24) is 4.67 Å². The molecule has 0 spiro atoms. The van der Waals surface area contributed by atoms with Crippen molar-refractivity contribution in [2.24, 2.45) is 0 Å². The standard InChI is InChI=1S/C16H15N2O5P/c17-12-18(24(21,22)23-14-9-5-2-6-10-14)15(16(19)20)11-13-7-3-1-4-8-13/h1-10,15H,11H2,(H,19,20)(H,21,22)/t15-/m0/s1. The Morgan fingerprint density at radius 3 is 2.21 bits per heavy atom. The van der Waals surface area contributed by atoms with Gasteiger partial charge in [-0.25, -0.2) is 9.36 Å². The average molecular weight is 346 g/mol. The van der Waals surface area contributed by atoms with Crippen molar-refractivity contribution in [2.45, 2.75) is 12.5 Å². The molecule has 0 aliphatic heterocycles. The summed E-state index contributed by atoms with van der Waals surface area (Å²) in [4.78, 5) is 21.6. The summed E-state index contributed by atoms with van der Waals surface area (Å²) in [6.45, 7) is 0. The number of hydrogen-bond donors (Lipinski definition) is 2. The van der Waals surface area contributed by atoms with Crippen molar-refractivity contribution >= 4 is 13.7 Å². The molecule has 8 heteroatoms. The van der Waals surface area contributed by atoms with Gasteiger partial charge in [-0.1, -0.05) is 48.5 Å². The number of para-hydroxylation sites is 1. The molecular weight excluding hydrogens is 331 g/mol. The first-order chi connectivity index (χ1) is 11.4. The Morgan fingerprint density at radius 1 is 1.17 bits per heavy atom. The molecule has 2 aromatic rings. The lowest BCUT2D eigenvalue weighted by atomic mass is 10.1. The highest BCUT2D eigenvalue weighted by Gasteiger charge is 2.40. The molecule has 2 rings (SSSR count). The first-order valence-corrected chi connectivity index (χ1v) is 8.50. The predicted octanol–water partition coefficient (Wildman–Crippen LogP) is 2.64. The van der Waals surface area contributed by atoms with E-state index in [1.54, 1.807) is 48.5 Å². The Kier molecular flexibility index (Phi) is 5.59. The van der Waals surface area contributed by atoms with Crippen molar-refractivity contribution < 1.29 is 23.9 Å². The second-order valence-corrected chi connectivity index (χ2v) is 6.48. The molecule has 0 aliphatic carbocycles. The topological polar surface area (TPSA) is 111 Å². The summed E-state index contributed by atoms with van der Waals surface area (Å²) in [7, 11) is -4.68. The molecule has 0 fully saturated rings. The molecule has 0 amide bonds. The van der Waals surface area contributed by atoms with Crippen molar-refractivity contribution in [2.75, 3.05) is 0 Å². The van der Waals surface area contributed by atoms with Gasteiger partial charge in [0.05, 0.1) is 0 Å². The zero-order valence-electron chi connectivity index (χ0n) is 12.5. The molecule has 0 saturated heterocycles. The summed E-state index contributed by atoms with van der Waals surface area (Å²) in [6.07, 6.45) is 1.36. The van der Waals surface area contributed by atoms with Crippen LogP contribution in [0.1, 0.15) is 5.56 Å².